The normalized spacial score (nSPS) is 11.7. The Morgan fingerprint density at radius 1 is 0.323 bits per heavy atom. The fourth-order valence-corrected chi connectivity index (χ4v) is 9.45. The molecule has 0 amide bonds. The first-order valence-corrected chi connectivity index (χ1v) is 21.7. The number of oxazole rings is 1. The van der Waals surface area contributed by atoms with Crippen LogP contribution in [0, 0.1) is 0 Å². The van der Waals surface area contributed by atoms with Crippen LogP contribution in [0.2, 0.25) is 0 Å². The number of fused-ring (bicyclic) bond motifs is 8. The quantitative estimate of drug-likeness (QED) is 0.160. The van der Waals surface area contributed by atoms with Crippen molar-refractivity contribution in [1.29, 1.82) is 0 Å². The van der Waals surface area contributed by atoms with E-state index in [1.165, 1.54) is 27.1 Å². The van der Waals surface area contributed by atoms with Crippen molar-refractivity contribution >= 4 is 54.7 Å². The number of hydrogen-bond acceptors (Lipinski definition) is 5. The van der Waals surface area contributed by atoms with Crippen LogP contribution in [0.25, 0.3) is 123 Å². The second-order valence-corrected chi connectivity index (χ2v) is 16.2. The summed E-state index contributed by atoms with van der Waals surface area (Å²) in [4.78, 5) is 20.3. The summed E-state index contributed by atoms with van der Waals surface area (Å²) in [6.07, 6.45) is 0. The van der Waals surface area contributed by atoms with Gasteiger partial charge in [0.15, 0.2) is 23.1 Å². The van der Waals surface area contributed by atoms with E-state index in [1.54, 1.807) is 0 Å². The smallest absolute Gasteiger partial charge is 0.227 e. The fourth-order valence-electron chi connectivity index (χ4n) is 9.45. The van der Waals surface area contributed by atoms with Crippen molar-refractivity contribution in [3.8, 4) is 68.1 Å². The van der Waals surface area contributed by atoms with Crippen LogP contribution in [0.1, 0.15) is 0 Å². The average molecular weight is 833 g/mol. The van der Waals surface area contributed by atoms with Gasteiger partial charge in [-0.15, -0.1) is 0 Å². The van der Waals surface area contributed by atoms with Crippen LogP contribution in [0.15, 0.2) is 223 Å². The van der Waals surface area contributed by atoms with Crippen LogP contribution in [0.3, 0.4) is 0 Å². The maximum Gasteiger partial charge on any atom is 0.227 e. The summed E-state index contributed by atoms with van der Waals surface area (Å²) >= 11 is 0. The fraction of sp³-hybridized carbons (Fsp3) is 0. The van der Waals surface area contributed by atoms with Crippen molar-refractivity contribution in [3.05, 3.63) is 218 Å². The molecule has 0 unspecified atom stereocenters. The minimum absolute atomic E-state index is 0.501. The van der Waals surface area contributed by atoms with Gasteiger partial charge in [0.1, 0.15) is 5.52 Å². The van der Waals surface area contributed by atoms with Gasteiger partial charge in [-0.1, -0.05) is 158 Å². The van der Waals surface area contributed by atoms with Crippen molar-refractivity contribution in [1.82, 2.24) is 29.1 Å². The highest BCUT2D eigenvalue weighted by Gasteiger charge is 2.23. The largest absolute Gasteiger partial charge is 0.435 e. The molecule has 0 spiro atoms. The van der Waals surface area contributed by atoms with Crippen LogP contribution < -0.4 is 0 Å². The highest BCUT2D eigenvalue weighted by molar-refractivity contribution is 6.23. The topological polar surface area (TPSA) is 74.6 Å². The molecule has 0 aliphatic heterocycles. The Labute approximate surface area is 373 Å². The van der Waals surface area contributed by atoms with Crippen molar-refractivity contribution in [2.45, 2.75) is 0 Å². The van der Waals surface area contributed by atoms with Crippen molar-refractivity contribution in [2.75, 3.05) is 0 Å². The number of benzene rings is 9. The molecule has 0 atom stereocenters. The molecule has 65 heavy (non-hydrogen) atoms. The average Bonchev–Trinajstić information content (AvgIpc) is 4.08. The zero-order chi connectivity index (χ0) is 42.8. The van der Waals surface area contributed by atoms with Crippen LogP contribution in [-0.2, 0) is 0 Å². The third-order valence-corrected chi connectivity index (χ3v) is 12.4. The van der Waals surface area contributed by atoms with E-state index in [1.807, 2.05) is 78.9 Å². The lowest BCUT2D eigenvalue weighted by Gasteiger charge is -2.14. The first kappa shape index (κ1) is 36.7. The summed E-state index contributed by atoms with van der Waals surface area (Å²) in [5.41, 5.74) is 13.7. The molecule has 7 heteroatoms. The standard InChI is InChI=1S/C58H36N6O/c1-4-17-37(18-5-1)40-23-14-25-42(35-40)63-50-31-12-10-27-44(50)46-33-34-47-45-28-11-13-32-51(45)64(53(47)52(46)63)43-26-15-24-41(36-43)56-60-55(38-19-6-2-7-20-38)61-57(62-56)48-29-16-30-49-54(48)65-58(59-49)39-21-8-3-9-22-39/h1-36H. The molecule has 13 rings (SSSR count). The molecule has 7 nitrogen and oxygen atoms in total. The van der Waals surface area contributed by atoms with E-state index in [-0.39, 0.29) is 0 Å². The Kier molecular flexibility index (Phi) is 8.39. The Morgan fingerprint density at radius 2 is 0.800 bits per heavy atom. The van der Waals surface area contributed by atoms with Gasteiger partial charge in [0, 0.05) is 49.6 Å². The lowest BCUT2D eigenvalue weighted by molar-refractivity contribution is 0.620. The summed E-state index contributed by atoms with van der Waals surface area (Å²) in [7, 11) is 0. The lowest BCUT2D eigenvalue weighted by Crippen LogP contribution is -2.02. The van der Waals surface area contributed by atoms with Crippen LogP contribution >= 0.6 is 0 Å². The molecule has 0 aliphatic carbocycles. The molecule has 0 saturated carbocycles. The third kappa shape index (κ3) is 6.05. The van der Waals surface area contributed by atoms with E-state index in [0.29, 0.717) is 28.9 Å². The molecular weight excluding hydrogens is 797 g/mol. The molecule has 0 bridgehead atoms. The van der Waals surface area contributed by atoms with Gasteiger partial charge < -0.3 is 13.6 Å². The minimum Gasteiger partial charge on any atom is -0.435 e. The van der Waals surface area contributed by atoms with Gasteiger partial charge in [-0.25, -0.2) is 19.9 Å². The minimum atomic E-state index is 0.501. The van der Waals surface area contributed by atoms with E-state index in [0.717, 1.165) is 66.8 Å². The van der Waals surface area contributed by atoms with Crippen molar-refractivity contribution in [3.63, 3.8) is 0 Å². The Bertz CT molecular complexity index is 3940. The van der Waals surface area contributed by atoms with Crippen LogP contribution in [0.5, 0.6) is 0 Å². The second-order valence-electron chi connectivity index (χ2n) is 16.2. The number of hydrogen-bond donors (Lipinski definition) is 0. The third-order valence-electron chi connectivity index (χ3n) is 12.4. The first-order chi connectivity index (χ1) is 32.2. The van der Waals surface area contributed by atoms with Gasteiger partial charge in [-0.05, 0) is 71.8 Å². The number of nitrogens with zero attached hydrogens (tertiary/aromatic N) is 6. The van der Waals surface area contributed by atoms with Gasteiger partial charge in [0.2, 0.25) is 5.89 Å². The molecule has 4 aromatic heterocycles. The molecule has 9 aromatic carbocycles. The molecule has 4 heterocycles. The van der Waals surface area contributed by atoms with Crippen molar-refractivity contribution in [2.24, 2.45) is 0 Å². The maximum atomic E-state index is 6.49. The Hall–Kier alpha value is -8.94. The molecular formula is C58H36N6O. The summed E-state index contributed by atoms with van der Waals surface area (Å²) in [6.45, 7) is 0. The molecule has 0 saturated heterocycles. The van der Waals surface area contributed by atoms with Gasteiger partial charge in [-0.2, -0.15) is 0 Å². The Morgan fingerprint density at radius 3 is 1.43 bits per heavy atom. The van der Waals surface area contributed by atoms with Crippen molar-refractivity contribution < 1.29 is 4.42 Å². The van der Waals surface area contributed by atoms with Gasteiger partial charge in [0.05, 0.1) is 27.6 Å². The molecule has 0 radical (unpaired) electrons. The summed E-state index contributed by atoms with van der Waals surface area (Å²) in [6, 6.07) is 75.9. The molecule has 13 aromatic rings. The SMILES string of the molecule is c1ccc(-c2cccc(-n3c4ccccc4c4ccc5c6ccccc6n(-c6cccc(-c7nc(-c8ccccc8)nc(-c8cccc9nc(-c%10ccccc%10)oc89)n7)c6)c5c43)c2)cc1. The predicted octanol–water partition coefficient (Wildman–Crippen LogP) is 14.5. The highest BCUT2D eigenvalue weighted by Crippen LogP contribution is 2.43. The van der Waals surface area contributed by atoms with E-state index in [4.69, 9.17) is 24.4 Å². The highest BCUT2D eigenvalue weighted by atomic mass is 16.3. The molecule has 0 N–H and O–H groups in total. The number of para-hydroxylation sites is 3. The first-order valence-electron chi connectivity index (χ1n) is 21.7. The molecule has 0 fully saturated rings. The zero-order valence-corrected chi connectivity index (χ0v) is 34.9. The van der Waals surface area contributed by atoms with Gasteiger partial charge in [-0.3, -0.25) is 0 Å². The van der Waals surface area contributed by atoms with E-state index >= 15 is 0 Å². The maximum absolute atomic E-state index is 6.49. The second kappa shape index (κ2) is 14.9. The van der Waals surface area contributed by atoms with E-state index < -0.39 is 0 Å². The monoisotopic (exact) mass is 832 g/mol. The zero-order valence-electron chi connectivity index (χ0n) is 34.9. The van der Waals surface area contributed by atoms with Crippen LogP contribution in [-0.4, -0.2) is 29.1 Å². The summed E-state index contributed by atoms with van der Waals surface area (Å²) in [5, 5.41) is 4.73. The van der Waals surface area contributed by atoms with Gasteiger partial charge >= 0.3 is 0 Å². The number of rotatable bonds is 7. The number of aromatic nitrogens is 6. The lowest BCUT2D eigenvalue weighted by atomic mass is 10.1. The van der Waals surface area contributed by atoms with Crippen LogP contribution in [0.4, 0.5) is 0 Å². The van der Waals surface area contributed by atoms with E-state index in [2.05, 4.69) is 149 Å². The van der Waals surface area contributed by atoms with E-state index in [9.17, 15) is 0 Å². The Balaban J connectivity index is 1.04. The molecule has 0 aliphatic rings. The summed E-state index contributed by atoms with van der Waals surface area (Å²) < 4.78 is 11.3. The van der Waals surface area contributed by atoms with Gasteiger partial charge in [0.25, 0.3) is 0 Å². The predicted molar refractivity (Wildman–Crippen MR) is 263 cm³/mol. The molecule has 304 valence electrons. The summed E-state index contributed by atoms with van der Waals surface area (Å²) in [5.74, 6) is 2.16.